The number of allylic oxidation sites excluding steroid dienone is 1. The van der Waals surface area contributed by atoms with Gasteiger partial charge in [-0.1, -0.05) is 18.2 Å². The molecule has 27 heavy (non-hydrogen) atoms. The topological polar surface area (TPSA) is 108 Å². The fourth-order valence-electron chi connectivity index (χ4n) is 2.51. The Kier molecular flexibility index (Phi) is 5.08. The molecule has 2 aromatic carbocycles. The molecular weight excluding hydrogens is 346 g/mol. The quantitative estimate of drug-likeness (QED) is 0.649. The molecule has 136 valence electrons. The van der Waals surface area contributed by atoms with E-state index in [1.54, 1.807) is 24.3 Å². The van der Waals surface area contributed by atoms with Crippen molar-refractivity contribution in [3.8, 4) is 17.6 Å². The van der Waals surface area contributed by atoms with Crippen LogP contribution in [0.4, 0.5) is 0 Å². The molecule has 1 heterocycles. The highest BCUT2D eigenvalue weighted by Crippen LogP contribution is 2.30. The van der Waals surface area contributed by atoms with Gasteiger partial charge in [0.15, 0.2) is 17.6 Å². The second-order valence-corrected chi connectivity index (χ2v) is 5.78. The number of nitrogens with one attached hydrogen (secondary N) is 1. The number of nitriles is 1. The normalized spacial score (nSPS) is 12.4. The van der Waals surface area contributed by atoms with E-state index in [1.807, 2.05) is 24.3 Å². The molecule has 2 N–H and O–H groups in total. The minimum Gasteiger partial charge on any atom is -0.493 e. The molecule has 0 amide bonds. The molecule has 0 aliphatic heterocycles. The average molecular weight is 363 g/mol. The number of benzene rings is 2. The summed E-state index contributed by atoms with van der Waals surface area (Å²) in [5, 5.41) is 18.5. The number of nitrogens with zero attached hydrogens (tertiary/aromatic N) is 2. The van der Waals surface area contributed by atoms with E-state index < -0.39 is 12.1 Å². The molecule has 1 aromatic heterocycles. The molecule has 3 aromatic rings. The number of imidazole rings is 1. The van der Waals surface area contributed by atoms with E-state index in [0.717, 1.165) is 11.0 Å². The average Bonchev–Trinajstić information content (AvgIpc) is 3.10. The summed E-state index contributed by atoms with van der Waals surface area (Å²) in [6.45, 7) is 1.44. The monoisotopic (exact) mass is 363 g/mol. The molecule has 7 heteroatoms. The first-order valence-electron chi connectivity index (χ1n) is 8.16. The van der Waals surface area contributed by atoms with Crippen molar-refractivity contribution < 1.29 is 19.4 Å². The molecule has 0 saturated heterocycles. The molecule has 7 nitrogen and oxygen atoms in total. The van der Waals surface area contributed by atoms with Gasteiger partial charge in [-0.3, -0.25) is 0 Å². The number of ether oxygens (including phenoxy) is 2. The van der Waals surface area contributed by atoms with Gasteiger partial charge in [0.1, 0.15) is 11.9 Å². The number of carboxylic acids is 1. The van der Waals surface area contributed by atoms with Crippen LogP contribution in [-0.2, 0) is 4.79 Å². The summed E-state index contributed by atoms with van der Waals surface area (Å²) in [4.78, 5) is 18.5. The summed E-state index contributed by atoms with van der Waals surface area (Å²) in [5.74, 6) is 0.0840. The van der Waals surface area contributed by atoms with E-state index in [4.69, 9.17) is 14.6 Å². The van der Waals surface area contributed by atoms with Gasteiger partial charge in [0.05, 0.1) is 23.7 Å². The fraction of sp³-hybridized carbons (Fsp3) is 0.150. The minimum atomic E-state index is -1.07. The van der Waals surface area contributed by atoms with Crippen molar-refractivity contribution in [1.29, 1.82) is 5.26 Å². The number of carboxylic acid groups (broad SMARTS) is 1. The Balaban J connectivity index is 1.94. The number of rotatable bonds is 6. The van der Waals surface area contributed by atoms with E-state index in [0.29, 0.717) is 28.5 Å². The molecule has 0 saturated carbocycles. The number of carbonyl (C=O) groups is 1. The molecule has 1 atom stereocenters. The molecule has 0 aliphatic rings. The van der Waals surface area contributed by atoms with Gasteiger partial charge in [0.2, 0.25) is 0 Å². The van der Waals surface area contributed by atoms with E-state index >= 15 is 0 Å². The lowest BCUT2D eigenvalue weighted by Crippen LogP contribution is -2.23. The zero-order valence-electron chi connectivity index (χ0n) is 14.8. The number of fused-ring (bicyclic) bond motifs is 1. The highest BCUT2D eigenvalue weighted by Gasteiger charge is 2.16. The lowest BCUT2D eigenvalue weighted by Gasteiger charge is -2.14. The van der Waals surface area contributed by atoms with E-state index in [2.05, 4.69) is 16.0 Å². The van der Waals surface area contributed by atoms with Crippen molar-refractivity contribution in [3.05, 3.63) is 53.9 Å². The first-order chi connectivity index (χ1) is 13.0. The summed E-state index contributed by atoms with van der Waals surface area (Å²) in [7, 11) is 1.46. The lowest BCUT2D eigenvalue weighted by atomic mass is 10.1. The van der Waals surface area contributed by atoms with Crippen molar-refractivity contribution >= 4 is 28.7 Å². The summed E-state index contributed by atoms with van der Waals surface area (Å²) in [5.41, 5.74) is 2.68. The number of aliphatic carboxylic acids is 1. The van der Waals surface area contributed by atoms with Gasteiger partial charge in [0, 0.05) is 0 Å². The largest absolute Gasteiger partial charge is 0.493 e. The van der Waals surface area contributed by atoms with Crippen molar-refractivity contribution in [2.75, 3.05) is 7.11 Å². The second kappa shape index (κ2) is 7.62. The smallest absolute Gasteiger partial charge is 0.344 e. The highest BCUT2D eigenvalue weighted by molar-refractivity contribution is 5.90. The van der Waals surface area contributed by atoms with Crippen LogP contribution in [0.1, 0.15) is 18.3 Å². The number of para-hydroxylation sites is 2. The number of methoxy groups -OCH3 is 1. The third-order valence-electron chi connectivity index (χ3n) is 3.92. The number of hydrogen-bond donors (Lipinski definition) is 2. The summed E-state index contributed by atoms with van der Waals surface area (Å²) >= 11 is 0. The van der Waals surface area contributed by atoms with Gasteiger partial charge in [-0.15, -0.1) is 0 Å². The second-order valence-electron chi connectivity index (χ2n) is 5.78. The molecule has 0 aliphatic carbocycles. The first kappa shape index (κ1) is 18.0. The molecule has 0 radical (unpaired) electrons. The van der Waals surface area contributed by atoms with Crippen LogP contribution < -0.4 is 9.47 Å². The van der Waals surface area contributed by atoms with Gasteiger partial charge < -0.3 is 19.6 Å². The summed E-state index contributed by atoms with van der Waals surface area (Å²) < 4.78 is 10.7. The van der Waals surface area contributed by atoms with Gasteiger partial charge >= 0.3 is 5.97 Å². The molecule has 0 fully saturated rings. The maximum atomic E-state index is 11.0. The zero-order valence-corrected chi connectivity index (χ0v) is 14.8. The summed E-state index contributed by atoms with van der Waals surface area (Å²) in [6, 6.07) is 14.7. The van der Waals surface area contributed by atoms with Crippen LogP contribution in [0.15, 0.2) is 42.5 Å². The predicted octanol–water partition coefficient (Wildman–Crippen LogP) is 3.49. The minimum absolute atomic E-state index is 0.312. The predicted molar refractivity (Wildman–Crippen MR) is 100 cm³/mol. The van der Waals surface area contributed by atoms with E-state index in [-0.39, 0.29) is 0 Å². The van der Waals surface area contributed by atoms with Crippen LogP contribution in [0.3, 0.4) is 0 Å². The van der Waals surface area contributed by atoms with Gasteiger partial charge in [-0.25, -0.2) is 9.78 Å². The van der Waals surface area contributed by atoms with Gasteiger partial charge in [0.25, 0.3) is 0 Å². The molecule has 0 unspecified atom stereocenters. The SMILES string of the molecule is COc1cc(/C=C(/C#N)c2nc3ccccc3[nH]2)ccc1O[C@H](C)C(=O)O. The van der Waals surface area contributed by atoms with Crippen molar-refractivity contribution in [2.45, 2.75) is 13.0 Å². The number of aromatic amines is 1. The fourth-order valence-corrected chi connectivity index (χ4v) is 2.51. The molecule has 0 bridgehead atoms. The Bertz CT molecular complexity index is 1030. The van der Waals surface area contributed by atoms with Crippen molar-refractivity contribution in [1.82, 2.24) is 9.97 Å². The number of aromatic nitrogens is 2. The van der Waals surface area contributed by atoms with Gasteiger partial charge in [-0.05, 0) is 42.8 Å². The van der Waals surface area contributed by atoms with E-state index in [9.17, 15) is 10.1 Å². The van der Waals surface area contributed by atoms with Crippen LogP contribution in [0.25, 0.3) is 22.7 Å². The Labute approximate surface area is 155 Å². The van der Waals surface area contributed by atoms with Crippen LogP contribution >= 0.6 is 0 Å². The third kappa shape index (κ3) is 3.90. The molecular formula is C20H17N3O4. The zero-order chi connectivity index (χ0) is 19.4. The first-order valence-corrected chi connectivity index (χ1v) is 8.16. The Morgan fingerprint density at radius 1 is 1.30 bits per heavy atom. The third-order valence-corrected chi connectivity index (χ3v) is 3.92. The number of hydrogen-bond acceptors (Lipinski definition) is 5. The highest BCUT2D eigenvalue weighted by atomic mass is 16.5. The van der Waals surface area contributed by atoms with E-state index in [1.165, 1.54) is 14.0 Å². The molecule has 0 spiro atoms. The summed E-state index contributed by atoms with van der Waals surface area (Å²) in [6.07, 6.45) is 0.662. The standard InChI is InChI=1S/C20H17N3O4/c1-12(20(24)25)27-17-8-7-13(10-18(17)26-2)9-14(11-21)19-22-15-5-3-4-6-16(15)23-19/h3-10,12H,1-2H3,(H,22,23)(H,24,25)/b14-9-/t12-/m1/s1. The van der Waals surface area contributed by atoms with Crippen LogP contribution in [-0.4, -0.2) is 34.3 Å². The number of H-pyrrole nitrogens is 1. The van der Waals surface area contributed by atoms with Crippen molar-refractivity contribution in [2.24, 2.45) is 0 Å². The van der Waals surface area contributed by atoms with Crippen molar-refractivity contribution in [3.63, 3.8) is 0 Å². The molecule has 3 rings (SSSR count). The lowest BCUT2D eigenvalue weighted by molar-refractivity contribution is -0.144. The van der Waals surface area contributed by atoms with Crippen LogP contribution in [0, 0.1) is 11.3 Å². The Morgan fingerprint density at radius 2 is 2.07 bits per heavy atom. The van der Waals surface area contributed by atoms with Gasteiger partial charge in [-0.2, -0.15) is 5.26 Å². The van der Waals surface area contributed by atoms with Crippen LogP contribution in [0.2, 0.25) is 0 Å². The maximum absolute atomic E-state index is 11.0. The Morgan fingerprint density at radius 3 is 2.74 bits per heavy atom. The maximum Gasteiger partial charge on any atom is 0.344 e. The Hall–Kier alpha value is -3.79. The van der Waals surface area contributed by atoms with Crippen LogP contribution in [0.5, 0.6) is 11.5 Å².